The van der Waals surface area contributed by atoms with Gasteiger partial charge in [0.2, 0.25) is 11.8 Å². The number of alkyl halides is 1. The number of likely N-dealkylation sites (tertiary alicyclic amines) is 1. The Morgan fingerprint density at radius 2 is 2.06 bits per heavy atom. The van der Waals surface area contributed by atoms with E-state index in [0.29, 0.717) is 31.4 Å². The van der Waals surface area contributed by atoms with Gasteiger partial charge in [0.25, 0.3) is 5.91 Å². The fraction of sp³-hybridized carbons (Fsp3) is 0.455. The van der Waals surface area contributed by atoms with Crippen LogP contribution in [0.2, 0.25) is 0 Å². The van der Waals surface area contributed by atoms with Crippen molar-refractivity contribution in [3.63, 3.8) is 0 Å². The smallest absolute Gasteiger partial charge is 0.251 e. The number of halogens is 1. The molecule has 6 N–H and O–H groups in total. The lowest BCUT2D eigenvalue weighted by atomic mass is 10.1. The van der Waals surface area contributed by atoms with Crippen molar-refractivity contribution < 1.29 is 23.6 Å². The molecule has 0 unspecified atom stereocenters. The number of ketones is 1. The Labute approximate surface area is 196 Å². The Hall–Kier alpha value is -4.01. The zero-order valence-corrected chi connectivity index (χ0v) is 18.6. The highest BCUT2D eigenvalue weighted by molar-refractivity contribution is 5.98. The molecule has 0 bridgehead atoms. The number of rotatable bonds is 11. The molecule has 0 aliphatic carbocycles. The molecule has 3 amide bonds. The SMILES string of the molecule is N#Cc1cccc(C(=O)NCC(=O)N2CCC[C@H]2C(=O)N[C@@H](CCCNC(=N)N)C(=O)CF)c1. The maximum atomic E-state index is 13.0. The molecule has 182 valence electrons. The summed E-state index contributed by atoms with van der Waals surface area (Å²) >= 11 is 0. The van der Waals surface area contributed by atoms with Crippen molar-refractivity contribution in [1.82, 2.24) is 20.9 Å². The number of nitrogens with two attached hydrogens (primary N) is 1. The van der Waals surface area contributed by atoms with Crippen LogP contribution in [0.4, 0.5) is 4.39 Å². The van der Waals surface area contributed by atoms with Gasteiger partial charge >= 0.3 is 0 Å². The Bertz CT molecular complexity index is 978. The van der Waals surface area contributed by atoms with Crippen molar-refractivity contribution in [2.75, 3.05) is 26.3 Å². The number of hydrogen-bond acceptors (Lipinski definition) is 6. The van der Waals surface area contributed by atoms with Crippen molar-refractivity contribution >= 4 is 29.5 Å². The fourth-order valence-electron chi connectivity index (χ4n) is 3.63. The number of carbonyl (C=O) groups is 4. The fourth-order valence-corrected chi connectivity index (χ4v) is 3.63. The first-order valence-corrected chi connectivity index (χ1v) is 10.8. The van der Waals surface area contributed by atoms with Gasteiger partial charge in [-0.15, -0.1) is 0 Å². The normalized spacial score (nSPS) is 15.6. The van der Waals surface area contributed by atoms with Gasteiger partial charge in [-0.05, 0) is 43.9 Å². The third-order valence-corrected chi connectivity index (χ3v) is 5.35. The van der Waals surface area contributed by atoms with Crippen molar-refractivity contribution in [3.8, 4) is 6.07 Å². The molecule has 1 fully saturated rings. The molecule has 0 aromatic heterocycles. The highest BCUT2D eigenvalue weighted by atomic mass is 19.1. The lowest BCUT2D eigenvalue weighted by Gasteiger charge is -2.26. The molecule has 1 aromatic rings. The van der Waals surface area contributed by atoms with Gasteiger partial charge in [-0.3, -0.25) is 24.6 Å². The third-order valence-electron chi connectivity index (χ3n) is 5.35. The second kappa shape index (κ2) is 12.9. The van der Waals surface area contributed by atoms with E-state index >= 15 is 0 Å². The van der Waals surface area contributed by atoms with Crippen LogP contribution in [0.25, 0.3) is 0 Å². The molecule has 0 radical (unpaired) electrons. The van der Waals surface area contributed by atoms with Crippen molar-refractivity contribution in [3.05, 3.63) is 35.4 Å². The van der Waals surface area contributed by atoms with Gasteiger partial charge in [0.15, 0.2) is 11.7 Å². The Balaban J connectivity index is 1.93. The molecule has 2 atom stereocenters. The number of carbonyl (C=O) groups excluding carboxylic acids is 4. The van der Waals surface area contributed by atoms with E-state index < -0.39 is 42.3 Å². The highest BCUT2D eigenvalue weighted by Crippen LogP contribution is 2.18. The molecule has 1 saturated heterocycles. The van der Waals surface area contributed by atoms with Gasteiger partial charge in [-0.2, -0.15) is 5.26 Å². The van der Waals surface area contributed by atoms with Gasteiger partial charge in [0.05, 0.1) is 24.2 Å². The van der Waals surface area contributed by atoms with Crippen molar-refractivity contribution in [2.45, 2.75) is 37.8 Å². The molecular formula is C22H28FN7O4. The number of guanidine groups is 1. The van der Waals surface area contributed by atoms with Crippen LogP contribution in [0.1, 0.15) is 41.6 Å². The highest BCUT2D eigenvalue weighted by Gasteiger charge is 2.35. The lowest BCUT2D eigenvalue weighted by molar-refractivity contribution is -0.138. The summed E-state index contributed by atoms with van der Waals surface area (Å²) in [6.07, 6.45) is 1.44. The van der Waals surface area contributed by atoms with E-state index in [-0.39, 0.29) is 31.0 Å². The van der Waals surface area contributed by atoms with E-state index in [4.69, 9.17) is 16.4 Å². The van der Waals surface area contributed by atoms with Crippen LogP contribution in [0, 0.1) is 16.7 Å². The van der Waals surface area contributed by atoms with Crippen LogP contribution in [0.3, 0.4) is 0 Å². The van der Waals surface area contributed by atoms with Crippen LogP contribution < -0.4 is 21.7 Å². The molecule has 1 aromatic carbocycles. The third kappa shape index (κ3) is 7.54. The largest absolute Gasteiger partial charge is 0.370 e. The standard InChI is InChI=1S/C22H28FN7O4/c23-11-18(31)16(6-2-8-27-22(25)26)29-21(34)17-7-3-9-30(17)19(32)13-28-20(33)15-5-1-4-14(10-15)12-24/h1,4-5,10,16-17H,2-3,6-9,11,13H2,(H,28,33)(H,29,34)(H4,25,26,27)/t16-,17-/m0/s1. The summed E-state index contributed by atoms with van der Waals surface area (Å²) in [6.45, 7) is -0.992. The number of amides is 3. The molecule has 0 spiro atoms. The average molecular weight is 474 g/mol. The lowest BCUT2D eigenvalue weighted by Crippen LogP contribution is -2.52. The van der Waals surface area contributed by atoms with Gasteiger partial charge in [0.1, 0.15) is 12.7 Å². The Morgan fingerprint density at radius 3 is 2.74 bits per heavy atom. The topological polar surface area (TPSA) is 181 Å². The van der Waals surface area contributed by atoms with E-state index in [9.17, 15) is 23.6 Å². The molecule has 34 heavy (non-hydrogen) atoms. The summed E-state index contributed by atoms with van der Waals surface area (Å²) < 4.78 is 13.0. The maximum Gasteiger partial charge on any atom is 0.251 e. The van der Waals surface area contributed by atoms with E-state index in [1.165, 1.54) is 17.0 Å². The van der Waals surface area contributed by atoms with E-state index in [1.54, 1.807) is 12.1 Å². The summed E-state index contributed by atoms with van der Waals surface area (Å²) in [7, 11) is 0. The first kappa shape index (κ1) is 26.2. The molecule has 11 nitrogen and oxygen atoms in total. The van der Waals surface area contributed by atoms with Crippen molar-refractivity contribution in [2.24, 2.45) is 5.73 Å². The van der Waals surface area contributed by atoms with E-state index in [0.717, 1.165) is 0 Å². The van der Waals surface area contributed by atoms with Crippen LogP contribution in [0.15, 0.2) is 24.3 Å². The summed E-state index contributed by atoms with van der Waals surface area (Å²) in [4.78, 5) is 51.0. The van der Waals surface area contributed by atoms with Gasteiger partial charge < -0.3 is 26.6 Å². The number of nitrogens with one attached hydrogen (secondary N) is 4. The zero-order valence-electron chi connectivity index (χ0n) is 18.6. The predicted octanol–water partition coefficient (Wildman–Crippen LogP) is -0.434. The van der Waals surface area contributed by atoms with Crippen LogP contribution in [-0.4, -0.2) is 72.8 Å². The summed E-state index contributed by atoms with van der Waals surface area (Å²) in [5, 5.41) is 23.6. The summed E-state index contributed by atoms with van der Waals surface area (Å²) in [6, 6.07) is 6.06. The monoisotopic (exact) mass is 473 g/mol. The quantitative estimate of drug-likeness (QED) is 0.164. The maximum absolute atomic E-state index is 13.0. The van der Waals surface area contributed by atoms with Crippen LogP contribution >= 0.6 is 0 Å². The molecule has 2 rings (SSSR count). The Morgan fingerprint density at radius 1 is 1.29 bits per heavy atom. The van der Waals surface area contributed by atoms with Gasteiger partial charge in [0, 0.05) is 18.7 Å². The second-order valence-corrected chi connectivity index (χ2v) is 7.76. The zero-order chi connectivity index (χ0) is 25.1. The molecule has 1 aliphatic heterocycles. The van der Waals surface area contributed by atoms with Crippen LogP contribution in [-0.2, 0) is 14.4 Å². The van der Waals surface area contributed by atoms with Gasteiger partial charge in [-0.25, -0.2) is 4.39 Å². The first-order valence-electron chi connectivity index (χ1n) is 10.8. The van der Waals surface area contributed by atoms with Gasteiger partial charge in [-0.1, -0.05) is 6.07 Å². The number of nitriles is 1. The molecule has 1 aliphatic rings. The number of benzene rings is 1. The minimum absolute atomic E-state index is 0.146. The van der Waals surface area contributed by atoms with Crippen molar-refractivity contribution in [1.29, 1.82) is 10.7 Å². The predicted molar refractivity (Wildman–Crippen MR) is 120 cm³/mol. The minimum Gasteiger partial charge on any atom is -0.370 e. The number of Topliss-reactive ketones (excluding diaryl/α,β-unsaturated/α-hetero) is 1. The van der Waals surface area contributed by atoms with Crippen LogP contribution in [0.5, 0.6) is 0 Å². The van der Waals surface area contributed by atoms with E-state index in [2.05, 4.69) is 16.0 Å². The Kier molecular flexibility index (Phi) is 9.94. The van der Waals surface area contributed by atoms with E-state index in [1.807, 2.05) is 6.07 Å². The summed E-state index contributed by atoms with van der Waals surface area (Å²) in [5.74, 6) is -2.58. The molecule has 0 saturated carbocycles. The molecular weight excluding hydrogens is 445 g/mol. The molecule has 1 heterocycles. The summed E-state index contributed by atoms with van der Waals surface area (Å²) in [5.41, 5.74) is 5.73. The first-order chi connectivity index (χ1) is 16.3. The average Bonchev–Trinajstić information content (AvgIpc) is 3.33. The second-order valence-electron chi connectivity index (χ2n) is 7.76. The minimum atomic E-state index is -1.24. The molecule has 12 heteroatoms. The number of hydrogen-bond donors (Lipinski definition) is 5. The number of nitrogens with zero attached hydrogens (tertiary/aromatic N) is 2.